The van der Waals surface area contributed by atoms with Crippen molar-refractivity contribution in [2.75, 3.05) is 17.6 Å². The van der Waals surface area contributed by atoms with E-state index in [0.29, 0.717) is 18.8 Å². The highest BCUT2D eigenvalue weighted by Crippen LogP contribution is 2.32. The number of nitrogens with zero attached hydrogens (tertiary/aromatic N) is 2. The molecule has 1 aromatic carbocycles. The fourth-order valence-corrected chi connectivity index (χ4v) is 1.64. The normalized spacial score (nSPS) is 11.5. The first-order valence-corrected chi connectivity index (χ1v) is 5.65. The lowest BCUT2D eigenvalue weighted by molar-refractivity contribution is -0.137. The molecule has 0 saturated carbocycles. The predicted molar refractivity (Wildman–Crippen MR) is 66.6 cm³/mol. The second-order valence-electron chi connectivity index (χ2n) is 4.00. The van der Waals surface area contributed by atoms with Crippen LogP contribution in [0.3, 0.4) is 0 Å². The Hall–Kier alpha value is -2.18. The van der Waals surface area contributed by atoms with Crippen LogP contribution < -0.4 is 11.1 Å². The van der Waals surface area contributed by atoms with Gasteiger partial charge < -0.3 is 11.1 Å². The molecule has 0 aliphatic heterocycles. The summed E-state index contributed by atoms with van der Waals surface area (Å²) in [5, 5.41) is 6.99. The van der Waals surface area contributed by atoms with E-state index in [1.54, 1.807) is 23.1 Å². The Balaban J connectivity index is 1.97. The standard InChI is InChI=1S/C12H13F3N4/c13-12(14,15)9-2-3-11(10(16)8-9)17-5-7-19-6-1-4-18-19/h1-4,6,8,17H,5,7,16H2. The minimum absolute atomic E-state index is 0.0790. The van der Waals surface area contributed by atoms with Gasteiger partial charge in [-0.05, 0) is 24.3 Å². The van der Waals surface area contributed by atoms with E-state index in [1.165, 1.54) is 6.07 Å². The van der Waals surface area contributed by atoms with E-state index in [2.05, 4.69) is 10.4 Å². The lowest BCUT2D eigenvalue weighted by atomic mass is 10.1. The van der Waals surface area contributed by atoms with Crippen molar-refractivity contribution >= 4 is 11.4 Å². The van der Waals surface area contributed by atoms with E-state index in [0.717, 1.165) is 12.1 Å². The zero-order chi connectivity index (χ0) is 13.9. The van der Waals surface area contributed by atoms with E-state index < -0.39 is 11.7 Å². The van der Waals surface area contributed by atoms with Crippen molar-refractivity contribution in [1.82, 2.24) is 9.78 Å². The van der Waals surface area contributed by atoms with Gasteiger partial charge in [0.05, 0.1) is 23.5 Å². The largest absolute Gasteiger partial charge is 0.416 e. The molecule has 0 radical (unpaired) electrons. The fraction of sp³-hybridized carbons (Fsp3) is 0.250. The molecule has 0 unspecified atom stereocenters. The summed E-state index contributed by atoms with van der Waals surface area (Å²) in [7, 11) is 0. The number of alkyl halides is 3. The molecule has 2 rings (SSSR count). The van der Waals surface area contributed by atoms with Crippen LogP contribution in [0.15, 0.2) is 36.7 Å². The molecule has 1 aromatic heterocycles. The molecule has 0 bridgehead atoms. The molecule has 4 nitrogen and oxygen atoms in total. The molecule has 0 spiro atoms. The fourth-order valence-electron chi connectivity index (χ4n) is 1.64. The lowest BCUT2D eigenvalue weighted by Crippen LogP contribution is -2.12. The highest BCUT2D eigenvalue weighted by atomic mass is 19.4. The smallest absolute Gasteiger partial charge is 0.397 e. The summed E-state index contributed by atoms with van der Waals surface area (Å²) in [5.41, 5.74) is 5.41. The minimum atomic E-state index is -4.37. The molecule has 0 saturated heterocycles. The third kappa shape index (κ3) is 3.40. The Kier molecular flexibility index (Phi) is 3.64. The summed E-state index contributed by atoms with van der Waals surface area (Å²) < 4.78 is 39.1. The average Bonchev–Trinajstić information content (AvgIpc) is 2.83. The van der Waals surface area contributed by atoms with Crippen LogP contribution in [-0.4, -0.2) is 16.3 Å². The molecule has 0 amide bonds. The van der Waals surface area contributed by atoms with E-state index >= 15 is 0 Å². The Morgan fingerprint density at radius 2 is 2.11 bits per heavy atom. The van der Waals surface area contributed by atoms with E-state index in [1.807, 2.05) is 0 Å². The number of benzene rings is 1. The van der Waals surface area contributed by atoms with Crippen LogP contribution in [0.1, 0.15) is 5.56 Å². The van der Waals surface area contributed by atoms with Gasteiger partial charge in [-0.2, -0.15) is 18.3 Å². The van der Waals surface area contributed by atoms with Gasteiger partial charge in [0.2, 0.25) is 0 Å². The quantitative estimate of drug-likeness (QED) is 0.840. The molecule has 0 aliphatic carbocycles. The molecule has 1 heterocycles. The van der Waals surface area contributed by atoms with Crippen LogP contribution >= 0.6 is 0 Å². The van der Waals surface area contributed by atoms with Gasteiger partial charge in [0.1, 0.15) is 0 Å². The number of nitrogens with two attached hydrogens (primary N) is 1. The van der Waals surface area contributed by atoms with Crippen LogP contribution in [0.4, 0.5) is 24.5 Å². The van der Waals surface area contributed by atoms with Crippen LogP contribution in [0.2, 0.25) is 0 Å². The molecule has 7 heteroatoms. The first-order valence-electron chi connectivity index (χ1n) is 5.65. The van der Waals surface area contributed by atoms with E-state index in [4.69, 9.17) is 5.73 Å². The maximum absolute atomic E-state index is 12.4. The summed E-state index contributed by atoms with van der Waals surface area (Å²) in [6, 6.07) is 5.07. The van der Waals surface area contributed by atoms with Crippen LogP contribution in [0, 0.1) is 0 Å². The van der Waals surface area contributed by atoms with E-state index in [-0.39, 0.29) is 5.69 Å². The first-order chi connectivity index (χ1) is 8.97. The SMILES string of the molecule is Nc1cc(C(F)(F)F)ccc1NCCn1cccn1. The number of aromatic nitrogens is 2. The van der Waals surface area contributed by atoms with Crippen molar-refractivity contribution in [1.29, 1.82) is 0 Å². The minimum Gasteiger partial charge on any atom is -0.397 e. The predicted octanol–water partition coefficient (Wildman–Crippen LogP) is 2.60. The summed E-state index contributed by atoms with van der Waals surface area (Å²) in [6.07, 6.45) is -0.911. The first kappa shape index (κ1) is 13.3. The highest BCUT2D eigenvalue weighted by Gasteiger charge is 2.30. The summed E-state index contributed by atoms with van der Waals surface area (Å²) in [5.74, 6) is 0. The van der Waals surface area contributed by atoms with Crippen molar-refractivity contribution in [2.45, 2.75) is 12.7 Å². The number of rotatable bonds is 4. The second kappa shape index (κ2) is 5.21. The Bertz CT molecular complexity index is 534. The van der Waals surface area contributed by atoms with Crippen LogP contribution in [0.5, 0.6) is 0 Å². The van der Waals surface area contributed by atoms with Gasteiger partial charge in [-0.15, -0.1) is 0 Å². The molecule has 0 atom stereocenters. The zero-order valence-corrected chi connectivity index (χ0v) is 9.98. The number of nitrogen functional groups attached to an aromatic ring is 1. The number of halogens is 3. The summed E-state index contributed by atoms with van der Waals surface area (Å²) in [6.45, 7) is 1.13. The molecule has 3 N–H and O–H groups in total. The second-order valence-corrected chi connectivity index (χ2v) is 4.00. The number of hydrogen-bond acceptors (Lipinski definition) is 3. The monoisotopic (exact) mass is 270 g/mol. The maximum atomic E-state index is 12.4. The Morgan fingerprint density at radius 1 is 1.32 bits per heavy atom. The number of hydrogen-bond donors (Lipinski definition) is 2. The van der Waals surface area contributed by atoms with E-state index in [9.17, 15) is 13.2 Å². The van der Waals surface area contributed by atoms with Crippen molar-refractivity contribution in [3.8, 4) is 0 Å². The Labute approximate surface area is 108 Å². The lowest BCUT2D eigenvalue weighted by Gasteiger charge is -2.12. The van der Waals surface area contributed by atoms with Crippen molar-refractivity contribution in [3.05, 3.63) is 42.2 Å². The van der Waals surface area contributed by atoms with Gasteiger partial charge >= 0.3 is 6.18 Å². The molecule has 0 fully saturated rings. The molecule has 102 valence electrons. The number of anilines is 2. The number of nitrogens with one attached hydrogen (secondary N) is 1. The third-order valence-electron chi connectivity index (χ3n) is 2.59. The van der Waals surface area contributed by atoms with Crippen molar-refractivity contribution in [2.24, 2.45) is 0 Å². The molecular weight excluding hydrogens is 257 g/mol. The highest BCUT2D eigenvalue weighted by molar-refractivity contribution is 5.67. The zero-order valence-electron chi connectivity index (χ0n) is 9.98. The van der Waals surface area contributed by atoms with Crippen molar-refractivity contribution in [3.63, 3.8) is 0 Å². The van der Waals surface area contributed by atoms with Gasteiger partial charge in [-0.3, -0.25) is 4.68 Å². The van der Waals surface area contributed by atoms with Gasteiger partial charge in [0.15, 0.2) is 0 Å². The molecular formula is C12H13F3N4. The molecule has 0 aliphatic rings. The van der Waals surface area contributed by atoms with Crippen LogP contribution in [-0.2, 0) is 12.7 Å². The molecule has 19 heavy (non-hydrogen) atoms. The van der Waals surface area contributed by atoms with Gasteiger partial charge in [0, 0.05) is 18.9 Å². The Morgan fingerprint density at radius 3 is 2.68 bits per heavy atom. The van der Waals surface area contributed by atoms with Gasteiger partial charge in [-0.25, -0.2) is 0 Å². The van der Waals surface area contributed by atoms with Gasteiger partial charge in [-0.1, -0.05) is 0 Å². The van der Waals surface area contributed by atoms with Crippen molar-refractivity contribution < 1.29 is 13.2 Å². The van der Waals surface area contributed by atoms with Gasteiger partial charge in [0.25, 0.3) is 0 Å². The topological polar surface area (TPSA) is 55.9 Å². The molecule has 2 aromatic rings. The average molecular weight is 270 g/mol. The summed E-state index contributed by atoms with van der Waals surface area (Å²) in [4.78, 5) is 0. The van der Waals surface area contributed by atoms with Crippen LogP contribution in [0.25, 0.3) is 0 Å². The maximum Gasteiger partial charge on any atom is 0.416 e. The third-order valence-corrected chi connectivity index (χ3v) is 2.59. The summed E-state index contributed by atoms with van der Waals surface area (Å²) >= 11 is 0.